The summed E-state index contributed by atoms with van der Waals surface area (Å²) in [5.74, 6) is 0.506. The fraction of sp³-hybridized carbons (Fsp3) is 0.400. The Kier molecular flexibility index (Phi) is 4.29. The first-order valence-electron chi connectivity index (χ1n) is 8.28. The van der Waals surface area contributed by atoms with E-state index in [0.717, 1.165) is 16.7 Å². The monoisotopic (exact) mass is 344 g/mol. The number of benzene rings is 2. The lowest BCUT2D eigenvalue weighted by atomic mass is 9.65. The SMILES string of the molecule is COc1cc([C@@H]2c3cc(O)c(OC)cc3C[C@H](C)[C@@]2(C)O)ccc1O. The summed E-state index contributed by atoms with van der Waals surface area (Å²) in [5.41, 5.74) is 1.69. The first kappa shape index (κ1) is 17.4. The summed E-state index contributed by atoms with van der Waals surface area (Å²) in [4.78, 5) is 0. The fourth-order valence-corrected chi connectivity index (χ4v) is 3.76. The van der Waals surface area contributed by atoms with E-state index in [-0.39, 0.29) is 23.3 Å². The minimum absolute atomic E-state index is 0.000882. The number of hydrogen-bond donors (Lipinski definition) is 3. The van der Waals surface area contributed by atoms with Crippen molar-refractivity contribution in [2.75, 3.05) is 14.2 Å². The van der Waals surface area contributed by atoms with Crippen LogP contribution in [0.2, 0.25) is 0 Å². The molecule has 5 nitrogen and oxygen atoms in total. The first-order chi connectivity index (χ1) is 11.8. The van der Waals surface area contributed by atoms with Gasteiger partial charge in [-0.2, -0.15) is 0 Å². The second-order valence-corrected chi connectivity index (χ2v) is 6.92. The van der Waals surface area contributed by atoms with Gasteiger partial charge < -0.3 is 24.8 Å². The van der Waals surface area contributed by atoms with Gasteiger partial charge in [-0.25, -0.2) is 0 Å². The Morgan fingerprint density at radius 1 is 1.00 bits per heavy atom. The van der Waals surface area contributed by atoms with E-state index in [0.29, 0.717) is 17.9 Å². The maximum Gasteiger partial charge on any atom is 0.160 e. The van der Waals surface area contributed by atoms with Gasteiger partial charge in [-0.05, 0) is 60.2 Å². The number of fused-ring (bicyclic) bond motifs is 1. The van der Waals surface area contributed by atoms with Gasteiger partial charge in [-0.3, -0.25) is 0 Å². The molecule has 0 fully saturated rings. The molecule has 0 aromatic heterocycles. The molecule has 3 N–H and O–H groups in total. The molecule has 25 heavy (non-hydrogen) atoms. The van der Waals surface area contributed by atoms with Gasteiger partial charge in [-0.1, -0.05) is 13.0 Å². The number of aliphatic hydroxyl groups is 1. The normalized spacial score (nSPS) is 25.3. The van der Waals surface area contributed by atoms with E-state index in [2.05, 4.69) is 0 Å². The molecule has 1 aliphatic carbocycles. The highest BCUT2D eigenvalue weighted by molar-refractivity contribution is 5.54. The number of aromatic hydroxyl groups is 2. The highest BCUT2D eigenvalue weighted by atomic mass is 16.5. The van der Waals surface area contributed by atoms with Crippen LogP contribution in [0.15, 0.2) is 30.3 Å². The molecule has 3 rings (SSSR count). The van der Waals surface area contributed by atoms with Crippen LogP contribution in [0.1, 0.15) is 36.5 Å². The van der Waals surface area contributed by atoms with E-state index >= 15 is 0 Å². The number of phenolic OH excluding ortho intramolecular Hbond substituents is 2. The minimum Gasteiger partial charge on any atom is -0.504 e. The molecule has 0 unspecified atom stereocenters. The standard InChI is InChI=1S/C20H24O5/c1-11-7-13-9-18(25-4)16(22)10-14(13)19(20(11,2)23)12-5-6-15(21)17(8-12)24-3/h5-6,8-11,19,21-23H,7H2,1-4H3/t11-,19+,20+/m0/s1. The van der Waals surface area contributed by atoms with E-state index < -0.39 is 5.60 Å². The number of methoxy groups -OCH3 is 2. The van der Waals surface area contributed by atoms with Crippen LogP contribution in [0.3, 0.4) is 0 Å². The zero-order valence-electron chi connectivity index (χ0n) is 14.9. The third-order valence-corrected chi connectivity index (χ3v) is 5.40. The lowest BCUT2D eigenvalue weighted by Gasteiger charge is -2.44. The van der Waals surface area contributed by atoms with Crippen molar-refractivity contribution in [2.24, 2.45) is 5.92 Å². The van der Waals surface area contributed by atoms with E-state index in [1.165, 1.54) is 14.2 Å². The average molecular weight is 344 g/mol. The second-order valence-electron chi connectivity index (χ2n) is 6.92. The van der Waals surface area contributed by atoms with Crippen molar-refractivity contribution < 1.29 is 24.8 Å². The van der Waals surface area contributed by atoms with Crippen molar-refractivity contribution in [3.8, 4) is 23.0 Å². The lowest BCUT2D eigenvalue weighted by Crippen LogP contribution is -2.44. The lowest BCUT2D eigenvalue weighted by molar-refractivity contribution is -0.0162. The third-order valence-electron chi connectivity index (χ3n) is 5.40. The van der Waals surface area contributed by atoms with Gasteiger partial charge in [-0.15, -0.1) is 0 Å². The van der Waals surface area contributed by atoms with Crippen LogP contribution >= 0.6 is 0 Å². The molecule has 134 valence electrons. The van der Waals surface area contributed by atoms with Crippen LogP contribution < -0.4 is 9.47 Å². The molecular formula is C20H24O5. The Morgan fingerprint density at radius 2 is 1.64 bits per heavy atom. The molecule has 2 aromatic rings. The number of rotatable bonds is 3. The van der Waals surface area contributed by atoms with Crippen molar-refractivity contribution >= 4 is 0 Å². The van der Waals surface area contributed by atoms with Crippen molar-refractivity contribution in [2.45, 2.75) is 31.8 Å². The Morgan fingerprint density at radius 3 is 2.28 bits per heavy atom. The largest absolute Gasteiger partial charge is 0.504 e. The Bertz CT molecular complexity index is 797. The second kappa shape index (κ2) is 6.15. The van der Waals surface area contributed by atoms with E-state index in [9.17, 15) is 15.3 Å². The van der Waals surface area contributed by atoms with Crippen LogP contribution in [0.25, 0.3) is 0 Å². The molecule has 0 radical (unpaired) electrons. The Balaban J connectivity index is 2.22. The zero-order chi connectivity index (χ0) is 18.4. The topological polar surface area (TPSA) is 79.2 Å². The quantitative estimate of drug-likeness (QED) is 0.797. The summed E-state index contributed by atoms with van der Waals surface area (Å²) in [5, 5.41) is 31.4. The van der Waals surface area contributed by atoms with Crippen LogP contribution in [0, 0.1) is 5.92 Å². The highest BCUT2D eigenvalue weighted by Gasteiger charge is 2.44. The van der Waals surface area contributed by atoms with Crippen LogP contribution in [-0.2, 0) is 6.42 Å². The molecule has 0 heterocycles. The molecule has 3 atom stereocenters. The molecule has 0 saturated heterocycles. The molecule has 0 aliphatic heterocycles. The van der Waals surface area contributed by atoms with E-state index in [4.69, 9.17) is 9.47 Å². The van der Waals surface area contributed by atoms with Gasteiger partial charge in [0.25, 0.3) is 0 Å². The predicted octanol–water partition coefficient (Wildman–Crippen LogP) is 3.19. The van der Waals surface area contributed by atoms with Crippen molar-refractivity contribution in [3.63, 3.8) is 0 Å². The van der Waals surface area contributed by atoms with E-state index in [1.807, 2.05) is 19.9 Å². The molecule has 1 aliphatic rings. The molecule has 0 amide bonds. The van der Waals surface area contributed by atoms with Crippen LogP contribution in [-0.4, -0.2) is 35.1 Å². The van der Waals surface area contributed by atoms with Gasteiger partial charge in [0.2, 0.25) is 0 Å². The summed E-state index contributed by atoms with van der Waals surface area (Å²) >= 11 is 0. The molecule has 0 saturated carbocycles. The summed E-state index contributed by atoms with van der Waals surface area (Å²) < 4.78 is 10.4. The van der Waals surface area contributed by atoms with Crippen LogP contribution in [0.4, 0.5) is 0 Å². The van der Waals surface area contributed by atoms with Crippen molar-refractivity contribution in [1.82, 2.24) is 0 Å². The summed E-state index contributed by atoms with van der Waals surface area (Å²) in [6.07, 6.45) is 0.685. The summed E-state index contributed by atoms with van der Waals surface area (Å²) in [6.45, 7) is 3.82. The summed E-state index contributed by atoms with van der Waals surface area (Å²) in [7, 11) is 3.01. The maximum atomic E-state index is 11.2. The molecule has 0 bridgehead atoms. The van der Waals surface area contributed by atoms with Gasteiger partial charge in [0.1, 0.15) is 0 Å². The van der Waals surface area contributed by atoms with Crippen molar-refractivity contribution in [1.29, 1.82) is 0 Å². The van der Waals surface area contributed by atoms with Gasteiger partial charge in [0.05, 0.1) is 19.8 Å². The molecular weight excluding hydrogens is 320 g/mol. The Hall–Kier alpha value is -2.40. The molecule has 0 spiro atoms. The molecule has 5 heteroatoms. The van der Waals surface area contributed by atoms with Crippen LogP contribution in [0.5, 0.6) is 23.0 Å². The van der Waals surface area contributed by atoms with Gasteiger partial charge >= 0.3 is 0 Å². The highest BCUT2D eigenvalue weighted by Crippen LogP contribution is 2.49. The summed E-state index contributed by atoms with van der Waals surface area (Å²) in [6, 6.07) is 8.57. The Labute approximate surface area is 147 Å². The fourth-order valence-electron chi connectivity index (χ4n) is 3.76. The predicted molar refractivity (Wildman–Crippen MR) is 94.7 cm³/mol. The number of hydrogen-bond acceptors (Lipinski definition) is 5. The van der Waals surface area contributed by atoms with E-state index in [1.54, 1.807) is 24.3 Å². The molecule has 2 aromatic carbocycles. The third kappa shape index (κ3) is 2.78. The maximum absolute atomic E-state index is 11.2. The smallest absolute Gasteiger partial charge is 0.160 e. The average Bonchev–Trinajstić information content (AvgIpc) is 2.57. The number of phenols is 2. The van der Waals surface area contributed by atoms with Gasteiger partial charge in [0.15, 0.2) is 23.0 Å². The number of ether oxygens (including phenoxy) is 2. The minimum atomic E-state index is -1.02. The zero-order valence-corrected chi connectivity index (χ0v) is 14.9. The first-order valence-corrected chi connectivity index (χ1v) is 8.28. The van der Waals surface area contributed by atoms with Gasteiger partial charge in [0, 0.05) is 5.92 Å². The van der Waals surface area contributed by atoms with Crippen molar-refractivity contribution in [3.05, 3.63) is 47.0 Å².